The van der Waals surface area contributed by atoms with Crippen LogP contribution in [0.3, 0.4) is 0 Å². The van der Waals surface area contributed by atoms with Gasteiger partial charge in [0, 0.05) is 6.04 Å². The van der Waals surface area contributed by atoms with Crippen molar-refractivity contribution >= 4 is 0 Å². The molecule has 0 radical (unpaired) electrons. The van der Waals surface area contributed by atoms with Gasteiger partial charge in [0.1, 0.15) is 17.2 Å². The van der Waals surface area contributed by atoms with Gasteiger partial charge >= 0.3 is 0 Å². The maximum Gasteiger partial charge on any atom is 0.135 e. The standard InChI is InChI=1S/C16H16N2O2/c1-11(18)16-14(19-2)7-4-8-15(16)20-13-6-3-5-12(9-13)10-17/h3-9,11H,18H2,1-2H3/t11-/m1/s1. The molecule has 0 spiro atoms. The first-order valence-corrected chi connectivity index (χ1v) is 6.26. The zero-order valence-electron chi connectivity index (χ0n) is 11.5. The van der Waals surface area contributed by atoms with Crippen LogP contribution in [0, 0.1) is 11.3 Å². The Kier molecular flexibility index (Phi) is 4.24. The van der Waals surface area contributed by atoms with Gasteiger partial charge in [0.25, 0.3) is 0 Å². The second-order valence-corrected chi connectivity index (χ2v) is 4.40. The van der Waals surface area contributed by atoms with E-state index in [0.29, 0.717) is 22.8 Å². The fourth-order valence-corrected chi connectivity index (χ4v) is 2.00. The van der Waals surface area contributed by atoms with Gasteiger partial charge in [0.05, 0.1) is 24.3 Å². The van der Waals surface area contributed by atoms with Crippen LogP contribution >= 0.6 is 0 Å². The summed E-state index contributed by atoms with van der Waals surface area (Å²) >= 11 is 0. The molecule has 1 atom stereocenters. The van der Waals surface area contributed by atoms with Crippen molar-refractivity contribution in [2.45, 2.75) is 13.0 Å². The third kappa shape index (κ3) is 2.90. The quantitative estimate of drug-likeness (QED) is 0.923. The van der Waals surface area contributed by atoms with Crippen molar-refractivity contribution < 1.29 is 9.47 Å². The highest BCUT2D eigenvalue weighted by atomic mass is 16.5. The molecule has 102 valence electrons. The van der Waals surface area contributed by atoms with Gasteiger partial charge in [-0.3, -0.25) is 0 Å². The number of rotatable bonds is 4. The lowest BCUT2D eigenvalue weighted by atomic mass is 10.1. The van der Waals surface area contributed by atoms with Gasteiger partial charge in [-0.25, -0.2) is 0 Å². The molecular weight excluding hydrogens is 252 g/mol. The summed E-state index contributed by atoms with van der Waals surface area (Å²) in [6.07, 6.45) is 0. The Labute approximate surface area is 118 Å². The molecule has 0 fully saturated rings. The van der Waals surface area contributed by atoms with Crippen LogP contribution in [0.5, 0.6) is 17.2 Å². The predicted octanol–water partition coefficient (Wildman–Crippen LogP) is 3.38. The van der Waals surface area contributed by atoms with Crippen LogP contribution < -0.4 is 15.2 Å². The fourth-order valence-electron chi connectivity index (χ4n) is 2.00. The van der Waals surface area contributed by atoms with Crippen LogP contribution in [0.15, 0.2) is 42.5 Å². The second kappa shape index (κ2) is 6.09. The topological polar surface area (TPSA) is 68.3 Å². The van der Waals surface area contributed by atoms with Crippen LogP contribution in [0.4, 0.5) is 0 Å². The summed E-state index contributed by atoms with van der Waals surface area (Å²) in [5.41, 5.74) is 7.34. The van der Waals surface area contributed by atoms with Crippen molar-refractivity contribution in [1.82, 2.24) is 0 Å². The largest absolute Gasteiger partial charge is 0.496 e. The number of nitrogens with zero attached hydrogens (tertiary/aromatic N) is 1. The molecule has 2 aromatic rings. The smallest absolute Gasteiger partial charge is 0.135 e. The summed E-state index contributed by atoms with van der Waals surface area (Å²) < 4.78 is 11.2. The molecule has 0 aliphatic carbocycles. The lowest BCUT2D eigenvalue weighted by Crippen LogP contribution is -2.08. The van der Waals surface area contributed by atoms with Gasteiger partial charge in [-0.1, -0.05) is 12.1 Å². The van der Waals surface area contributed by atoms with Crippen LogP contribution in [-0.2, 0) is 0 Å². The maximum absolute atomic E-state index is 8.91. The molecule has 0 aliphatic rings. The van der Waals surface area contributed by atoms with Crippen molar-refractivity contribution in [2.75, 3.05) is 7.11 Å². The van der Waals surface area contributed by atoms with Crippen LogP contribution in [0.1, 0.15) is 24.1 Å². The second-order valence-electron chi connectivity index (χ2n) is 4.40. The highest BCUT2D eigenvalue weighted by molar-refractivity contribution is 5.49. The summed E-state index contributed by atoms with van der Waals surface area (Å²) in [7, 11) is 1.60. The van der Waals surface area contributed by atoms with Gasteiger partial charge in [0.2, 0.25) is 0 Å². The van der Waals surface area contributed by atoms with Gasteiger partial charge in [-0.05, 0) is 37.3 Å². The molecule has 0 aliphatic heterocycles. The molecule has 0 saturated carbocycles. The summed E-state index contributed by atoms with van der Waals surface area (Å²) in [6.45, 7) is 1.87. The highest BCUT2D eigenvalue weighted by Gasteiger charge is 2.15. The first-order valence-electron chi connectivity index (χ1n) is 6.26. The Balaban J connectivity index is 2.40. The van der Waals surface area contributed by atoms with Gasteiger partial charge in [-0.2, -0.15) is 5.26 Å². The first kappa shape index (κ1) is 13.9. The molecule has 0 aromatic heterocycles. The fraction of sp³-hybridized carbons (Fsp3) is 0.188. The number of nitriles is 1. The van der Waals surface area contributed by atoms with Crippen molar-refractivity contribution in [3.63, 3.8) is 0 Å². The van der Waals surface area contributed by atoms with Crippen molar-refractivity contribution in [3.05, 3.63) is 53.6 Å². The molecule has 0 bridgehead atoms. The van der Waals surface area contributed by atoms with E-state index < -0.39 is 0 Å². The SMILES string of the molecule is COc1cccc(Oc2cccc(C#N)c2)c1[C@@H](C)N. The molecule has 0 saturated heterocycles. The minimum Gasteiger partial charge on any atom is -0.496 e. The summed E-state index contributed by atoms with van der Waals surface area (Å²) in [5, 5.41) is 8.91. The van der Waals surface area contributed by atoms with E-state index in [0.717, 1.165) is 5.56 Å². The monoisotopic (exact) mass is 268 g/mol. The first-order chi connectivity index (χ1) is 9.65. The van der Waals surface area contributed by atoms with E-state index in [-0.39, 0.29) is 6.04 Å². The Hall–Kier alpha value is -2.51. The van der Waals surface area contributed by atoms with Crippen molar-refractivity contribution in [3.8, 4) is 23.3 Å². The number of nitrogens with two attached hydrogens (primary N) is 1. The summed E-state index contributed by atoms with van der Waals surface area (Å²) in [5.74, 6) is 1.92. The average Bonchev–Trinajstić information content (AvgIpc) is 2.46. The van der Waals surface area contributed by atoms with E-state index >= 15 is 0 Å². The van der Waals surface area contributed by atoms with Gasteiger partial charge in [-0.15, -0.1) is 0 Å². The maximum atomic E-state index is 8.91. The van der Waals surface area contributed by atoms with E-state index in [9.17, 15) is 0 Å². The number of ether oxygens (including phenoxy) is 2. The molecule has 4 heteroatoms. The third-order valence-corrected chi connectivity index (χ3v) is 2.89. The van der Waals surface area contributed by atoms with E-state index in [1.54, 1.807) is 31.4 Å². The molecule has 2 aromatic carbocycles. The molecule has 0 unspecified atom stereocenters. The average molecular weight is 268 g/mol. The lowest BCUT2D eigenvalue weighted by Gasteiger charge is -2.17. The van der Waals surface area contributed by atoms with Crippen LogP contribution in [0.25, 0.3) is 0 Å². The van der Waals surface area contributed by atoms with Gasteiger partial charge < -0.3 is 15.2 Å². The van der Waals surface area contributed by atoms with Crippen molar-refractivity contribution in [1.29, 1.82) is 5.26 Å². The normalized spacial score (nSPS) is 11.5. The Morgan fingerprint density at radius 1 is 1.15 bits per heavy atom. The summed E-state index contributed by atoms with van der Waals surface area (Å²) in [6, 6.07) is 14.4. The molecule has 2 rings (SSSR count). The summed E-state index contributed by atoms with van der Waals surface area (Å²) in [4.78, 5) is 0. The van der Waals surface area contributed by atoms with Gasteiger partial charge in [0.15, 0.2) is 0 Å². The number of hydrogen-bond donors (Lipinski definition) is 1. The van der Waals surface area contributed by atoms with E-state index in [1.807, 2.05) is 25.1 Å². The predicted molar refractivity (Wildman–Crippen MR) is 76.8 cm³/mol. The van der Waals surface area contributed by atoms with Crippen molar-refractivity contribution in [2.24, 2.45) is 5.73 Å². The Morgan fingerprint density at radius 3 is 2.50 bits per heavy atom. The Morgan fingerprint density at radius 2 is 1.85 bits per heavy atom. The number of methoxy groups -OCH3 is 1. The number of benzene rings is 2. The zero-order valence-corrected chi connectivity index (χ0v) is 11.5. The molecule has 20 heavy (non-hydrogen) atoms. The molecule has 4 nitrogen and oxygen atoms in total. The van der Waals surface area contributed by atoms with E-state index in [1.165, 1.54) is 0 Å². The lowest BCUT2D eigenvalue weighted by molar-refractivity contribution is 0.397. The minimum absolute atomic E-state index is 0.222. The van der Waals surface area contributed by atoms with E-state index in [2.05, 4.69) is 6.07 Å². The molecule has 0 heterocycles. The molecule has 2 N–H and O–H groups in total. The van der Waals surface area contributed by atoms with Crippen LogP contribution in [0.2, 0.25) is 0 Å². The zero-order chi connectivity index (χ0) is 14.5. The Bertz CT molecular complexity index is 645. The van der Waals surface area contributed by atoms with Crippen LogP contribution in [-0.4, -0.2) is 7.11 Å². The highest BCUT2D eigenvalue weighted by Crippen LogP contribution is 2.35. The number of hydrogen-bond acceptors (Lipinski definition) is 4. The third-order valence-electron chi connectivity index (χ3n) is 2.89. The molecular formula is C16H16N2O2. The van der Waals surface area contributed by atoms with E-state index in [4.69, 9.17) is 20.5 Å². The minimum atomic E-state index is -0.222. The molecule has 0 amide bonds.